The summed E-state index contributed by atoms with van der Waals surface area (Å²) in [6, 6.07) is 9.78. The van der Waals surface area contributed by atoms with Gasteiger partial charge >= 0.3 is 0 Å². The molecular weight excluding hydrogens is 302 g/mol. The van der Waals surface area contributed by atoms with Crippen LogP contribution in [0.15, 0.2) is 28.7 Å². The van der Waals surface area contributed by atoms with Crippen molar-refractivity contribution in [3.63, 3.8) is 0 Å². The fraction of sp³-hybridized carbons (Fsp3) is 0.500. The number of halogens is 1. The minimum absolute atomic E-state index is 0.127. The summed E-state index contributed by atoms with van der Waals surface area (Å²) in [6.45, 7) is 0. The zero-order valence-electron chi connectivity index (χ0n) is 10.7. The predicted octanol–water partition coefficient (Wildman–Crippen LogP) is 4.06. The Morgan fingerprint density at radius 3 is 2.79 bits per heavy atom. The molecule has 0 heterocycles. The highest BCUT2D eigenvalue weighted by Gasteiger charge is 2.44. The Labute approximate surface area is 121 Å². The molecule has 1 aromatic rings. The molecule has 2 saturated carbocycles. The van der Waals surface area contributed by atoms with Gasteiger partial charge in [0.25, 0.3) is 0 Å². The minimum atomic E-state index is -0.596. The largest absolute Gasteiger partial charge is 0.298 e. The van der Waals surface area contributed by atoms with Gasteiger partial charge in [-0.2, -0.15) is 5.26 Å². The van der Waals surface area contributed by atoms with Gasteiger partial charge in [-0.05, 0) is 48.8 Å². The molecule has 0 aliphatic heterocycles. The van der Waals surface area contributed by atoms with Gasteiger partial charge < -0.3 is 0 Å². The number of hydrogen-bond donors (Lipinski definition) is 0. The van der Waals surface area contributed by atoms with Crippen LogP contribution in [-0.4, -0.2) is 5.78 Å². The molecule has 2 bridgehead atoms. The van der Waals surface area contributed by atoms with Crippen LogP contribution in [0.25, 0.3) is 0 Å². The molecule has 2 aliphatic carbocycles. The van der Waals surface area contributed by atoms with E-state index < -0.39 is 5.92 Å². The third-order valence-electron chi connectivity index (χ3n) is 4.70. The van der Waals surface area contributed by atoms with Crippen molar-refractivity contribution in [2.45, 2.75) is 31.6 Å². The maximum atomic E-state index is 12.6. The number of Topliss-reactive ketones (excluding diaryl/α,β-unsaturated/α-hetero) is 1. The minimum Gasteiger partial charge on any atom is -0.298 e. The van der Waals surface area contributed by atoms with E-state index in [1.165, 1.54) is 19.3 Å². The summed E-state index contributed by atoms with van der Waals surface area (Å²) in [5, 5.41) is 9.39. The molecule has 0 N–H and O–H groups in total. The second kappa shape index (κ2) is 5.09. The average molecular weight is 318 g/mol. The van der Waals surface area contributed by atoms with E-state index in [-0.39, 0.29) is 11.7 Å². The summed E-state index contributed by atoms with van der Waals surface area (Å²) in [4.78, 5) is 12.6. The van der Waals surface area contributed by atoms with Crippen molar-refractivity contribution in [3.8, 4) is 6.07 Å². The lowest BCUT2D eigenvalue weighted by Crippen LogP contribution is -2.26. The van der Waals surface area contributed by atoms with Gasteiger partial charge in [0.1, 0.15) is 5.92 Å². The van der Waals surface area contributed by atoms with E-state index in [9.17, 15) is 10.1 Å². The van der Waals surface area contributed by atoms with Crippen LogP contribution in [-0.2, 0) is 4.79 Å². The van der Waals surface area contributed by atoms with Gasteiger partial charge in [0.05, 0.1) is 6.07 Å². The number of nitrogens with zero attached hydrogens (tertiary/aromatic N) is 1. The number of rotatable bonds is 3. The summed E-state index contributed by atoms with van der Waals surface area (Å²) in [6.07, 6.45) is 4.67. The highest BCUT2D eigenvalue weighted by molar-refractivity contribution is 9.10. The number of nitriles is 1. The van der Waals surface area contributed by atoms with Crippen LogP contribution >= 0.6 is 15.9 Å². The molecule has 2 fully saturated rings. The summed E-state index contributed by atoms with van der Waals surface area (Å²) < 4.78 is 0.922. The summed E-state index contributed by atoms with van der Waals surface area (Å²) in [5.41, 5.74) is 0.824. The van der Waals surface area contributed by atoms with E-state index in [1.54, 1.807) is 0 Å². The standard InChI is InChI=1S/C16H16BrNO/c17-13-3-1-2-11(8-13)15(9-18)16(19)14-7-10-4-5-12(14)6-10/h1-3,8,10,12,14-15H,4-7H2. The van der Waals surface area contributed by atoms with E-state index in [4.69, 9.17) is 0 Å². The van der Waals surface area contributed by atoms with Gasteiger partial charge in [0.15, 0.2) is 5.78 Å². The van der Waals surface area contributed by atoms with Gasteiger partial charge in [-0.3, -0.25) is 4.79 Å². The number of carbonyl (C=O) groups excluding carboxylic acids is 1. The van der Waals surface area contributed by atoms with Gasteiger partial charge in [-0.15, -0.1) is 0 Å². The van der Waals surface area contributed by atoms with Crippen molar-refractivity contribution < 1.29 is 4.79 Å². The van der Waals surface area contributed by atoms with Crippen LogP contribution < -0.4 is 0 Å². The molecule has 3 heteroatoms. The van der Waals surface area contributed by atoms with E-state index in [1.807, 2.05) is 24.3 Å². The van der Waals surface area contributed by atoms with Gasteiger partial charge in [0, 0.05) is 10.4 Å². The van der Waals surface area contributed by atoms with Crippen LogP contribution in [0, 0.1) is 29.1 Å². The normalized spacial score (nSPS) is 30.0. The van der Waals surface area contributed by atoms with Crippen molar-refractivity contribution >= 4 is 21.7 Å². The second-order valence-corrected chi connectivity index (χ2v) is 6.72. The van der Waals surface area contributed by atoms with Gasteiger partial charge in [-0.25, -0.2) is 0 Å². The first-order chi connectivity index (χ1) is 9.19. The van der Waals surface area contributed by atoms with Crippen molar-refractivity contribution in [3.05, 3.63) is 34.3 Å². The third kappa shape index (κ3) is 2.34. The highest BCUT2D eigenvalue weighted by Crippen LogP contribution is 2.49. The maximum Gasteiger partial charge on any atom is 0.157 e. The molecule has 4 atom stereocenters. The number of carbonyl (C=O) groups is 1. The van der Waals surface area contributed by atoms with E-state index in [0.29, 0.717) is 5.92 Å². The molecular formula is C16H16BrNO. The molecule has 0 saturated heterocycles. The zero-order valence-corrected chi connectivity index (χ0v) is 12.3. The number of hydrogen-bond acceptors (Lipinski definition) is 2. The second-order valence-electron chi connectivity index (χ2n) is 5.80. The highest BCUT2D eigenvalue weighted by atomic mass is 79.9. The Hall–Kier alpha value is -1.14. The first-order valence-electron chi connectivity index (χ1n) is 6.88. The van der Waals surface area contributed by atoms with E-state index in [0.717, 1.165) is 22.4 Å². The fourth-order valence-electron chi connectivity index (χ4n) is 3.80. The Bertz CT molecular complexity index is 548. The molecule has 19 heavy (non-hydrogen) atoms. The summed E-state index contributed by atoms with van der Waals surface area (Å²) in [5.74, 6) is 0.957. The number of fused-ring (bicyclic) bond motifs is 2. The molecule has 0 spiro atoms. The predicted molar refractivity (Wildman–Crippen MR) is 76.4 cm³/mol. The smallest absolute Gasteiger partial charge is 0.157 e. The molecule has 0 aromatic heterocycles. The molecule has 4 unspecified atom stereocenters. The monoisotopic (exact) mass is 317 g/mol. The average Bonchev–Trinajstić information content (AvgIpc) is 3.02. The topological polar surface area (TPSA) is 40.9 Å². The van der Waals surface area contributed by atoms with Gasteiger partial charge in [-0.1, -0.05) is 34.5 Å². The molecule has 3 rings (SSSR count). The van der Waals surface area contributed by atoms with Crippen LogP contribution in [0.4, 0.5) is 0 Å². The summed E-state index contributed by atoms with van der Waals surface area (Å²) >= 11 is 3.40. The number of ketones is 1. The number of benzene rings is 1. The van der Waals surface area contributed by atoms with Crippen LogP contribution in [0.3, 0.4) is 0 Å². The fourth-order valence-corrected chi connectivity index (χ4v) is 4.21. The van der Waals surface area contributed by atoms with Gasteiger partial charge in [0.2, 0.25) is 0 Å². The van der Waals surface area contributed by atoms with E-state index >= 15 is 0 Å². The Balaban J connectivity index is 1.83. The zero-order chi connectivity index (χ0) is 13.4. The quantitative estimate of drug-likeness (QED) is 0.843. The molecule has 2 nitrogen and oxygen atoms in total. The lowest BCUT2D eigenvalue weighted by atomic mass is 9.79. The van der Waals surface area contributed by atoms with E-state index in [2.05, 4.69) is 22.0 Å². The summed E-state index contributed by atoms with van der Waals surface area (Å²) in [7, 11) is 0. The molecule has 0 amide bonds. The SMILES string of the molecule is N#CC(C(=O)C1CC2CCC1C2)c1cccc(Br)c1. The van der Waals surface area contributed by atoms with Crippen molar-refractivity contribution in [1.82, 2.24) is 0 Å². The molecule has 2 aliphatic rings. The lowest BCUT2D eigenvalue weighted by Gasteiger charge is -2.22. The van der Waals surface area contributed by atoms with Crippen molar-refractivity contribution in [2.75, 3.05) is 0 Å². The lowest BCUT2D eigenvalue weighted by molar-refractivity contribution is -0.124. The molecule has 98 valence electrons. The maximum absolute atomic E-state index is 12.6. The third-order valence-corrected chi connectivity index (χ3v) is 5.19. The Morgan fingerprint density at radius 2 is 2.21 bits per heavy atom. The van der Waals surface area contributed by atoms with Crippen molar-refractivity contribution in [1.29, 1.82) is 5.26 Å². The van der Waals surface area contributed by atoms with Crippen LogP contribution in [0.2, 0.25) is 0 Å². The first kappa shape index (κ1) is 12.9. The Morgan fingerprint density at radius 1 is 1.37 bits per heavy atom. The molecule has 0 radical (unpaired) electrons. The molecule has 1 aromatic carbocycles. The first-order valence-corrected chi connectivity index (χ1v) is 7.67. The van der Waals surface area contributed by atoms with Crippen LogP contribution in [0.1, 0.15) is 37.2 Å². The van der Waals surface area contributed by atoms with Crippen molar-refractivity contribution in [2.24, 2.45) is 17.8 Å². The Kier molecular flexibility index (Phi) is 3.45. The van der Waals surface area contributed by atoms with Crippen LogP contribution in [0.5, 0.6) is 0 Å².